The Morgan fingerprint density at radius 3 is 2.89 bits per heavy atom. The van der Waals surface area contributed by atoms with E-state index >= 15 is 0 Å². The number of hydrogen-bond acceptors (Lipinski definition) is 5. The Balaban J connectivity index is 1.79. The highest BCUT2D eigenvalue weighted by molar-refractivity contribution is 5.02. The lowest BCUT2D eigenvalue weighted by Gasteiger charge is -2.15. The first-order valence-electron chi connectivity index (χ1n) is 5.95. The Morgan fingerprint density at radius 1 is 1.33 bits per heavy atom. The summed E-state index contributed by atoms with van der Waals surface area (Å²) in [5, 5.41) is 7.96. The molecule has 0 unspecified atom stereocenters. The van der Waals surface area contributed by atoms with E-state index in [1.165, 1.54) is 0 Å². The van der Waals surface area contributed by atoms with Gasteiger partial charge in [-0.1, -0.05) is 11.3 Å². The minimum Gasteiger partial charge on any atom is -0.325 e. The summed E-state index contributed by atoms with van der Waals surface area (Å²) in [7, 11) is 2.06. The van der Waals surface area contributed by atoms with Crippen molar-refractivity contribution >= 4 is 0 Å². The van der Waals surface area contributed by atoms with Crippen molar-refractivity contribution in [2.45, 2.75) is 19.6 Å². The molecule has 2 aromatic heterocycles. The molecule has 6 nitrogen and oxygen atoms in total. The van der Waals surface area contributed by atoms with E-state index in [9.17, 15) is 0 Å². The van der Waals surface area contributed by atoms with Gasteiger partial charge in [-0.3, -0.25) is 14.6 Å². The molecular formula is C12H18N6. The topological polar surface area (TPSA) is 72.9 Å². The van der Waals surface area contributed by atoms with Crippen LogP contribution in [-0.2, 0) is 19.6 Å². The fraction of sp³-hybridized carbons (Fsp3) is 0.417. The SMILES string of the molecule is CN(CCn1cc(CN)nn1)Cc1ccccn1. The summed E-state index contributed by atoms with van der Waals surface area (Å²) in [5.41, 5.74) is 7.38. The Kier molecular flexibility index (Phi) is 4.38. The van der Waals surface area contributed by atoms with Gasteiger partial charge >= 0.3 is 0 Å². The van der Waals surface area contributed by atoms with Crippen LogP contribution in [0.2, 0.25) is 0 Å². The normalized spacial score (nSPS) is 11.1. The highest BCUT2D eigenvalue weighted by atomic mass is 15.4. The third-order valence-corrected chi connectivity index (χ3v) is 2.66. The van der Waals surface area contributed by atoms with E-state index in [0.717, 1.165) is 31.0 Å². The van der Waals surface area contributed by atoms with E-state index in [1.54, 1.807) is 0 Å². The maximum absolute atomic E-state index is 5.49. The number of hydrogen-bond donors (Lipinski definition) is 1. The molecule has 2 aromatic rings. The molecule has 0 aliphatic carbocycles. The summed E-state index contributed by atoms with van der Waals surface area (Å²) in [4.78, 5) is 6.50. The first kappa shape index (κ1) is 12.7. The Hall–Kier alpha value is -1.79. The summed E-state index contributed by atoms with van der Waals surface area (Å²) in [5.74, 6) is 0. The van der Waals surface area contributed by atoms with Gasteiger partial charge in [-0.2, -0.15) is 0 Å². The minimum atomic E-state index is 0.434. The lowest BCUT2D eigenvalue weighted by molar-refractivity contribution is 0.300. The monoisotopic (exact) mass is 246 g/mol. The highest BCUT2D eigenvalue weighted by Crippen LogP contribution is 1.99. The Bertz CT molecular complexity index is 466. The first-order valence-corrected chi connectivity index (χ1v) is 5.95. The smallest absolute Gasteiger partial charge is 0.0962 e. The number of likely N-dealkylation sites (N-methyl/N-ethyl adjacent to an activating group) is 1. The van der Waals surface area contributed by atoms with Crippen LogP contribution in [0.1, 0.15) is 11.4 Å². The Labute approximate surface area is 106 Å². The molecule has 0 saturated carbocycles. The van der Waals surface area contributed by atoms with E-state index in [4.69, 9.17) is 5.73 Å². The van der Waals surface area contributed by atoms with Gasteiger partial charge in [-0.05, 0) is 19.2 Å². The van der Waals surface area contributed by atoms with Gasteiger partial charge < -0.3 is 5.73 Å². The third kappa shape index (κ3) is 3.61. The lowest BCUT2D eigenvalue weighted by atomic mass is 10.3. The van der Waals surface area contributed by atoms with Crippen LogP contribution in [0.5, 0.6) is 0 Å². The third-order valence-electron chi connectivity index (χ3n) is 2.66. The second kappa shape index (κ2) is 6.23. The fourth-order valence-electron chi connectivity index (χ4n) is 1.66. The van der Waals surface area contributed by atoms with Gasteiger partial charge in [0, 0.05) is 32.0 Å². The summed E-state index contributed by atoms with van der Waals surface area (Å²) in [6.45, 7) is 2.96. The van der Waals surface area contributed by atoms with E-state index < -0.39 is 0 Å². The molecule has 0 radical (unpaired) electrons. The van der Waals surface area contributed by atoms with Crippen LogP contribution in [0.4, 0.5) is 0 Å². The molecule has 0 aliphatic heterocycles. The lowest BCUT2D eigenvalue weighted by Crippen LogP contribution is -2.23. The number of aromatic nitrogens is 4. The minimum absolute atomic E-state index is 0.434. The molecular weight excluding hydrogens is 228 g/mol. The number of pyridine rings is 1. The molecule has 0 bridgehead atoms. The van der Waals surface area contributed by atoms with Crippen molar-refractivity contribution in [1.29, 1.82) is 0 Å². The Morgan fingerprint density at radius 2 is 2.22 bits per heavy atom. The molecule has 2 heterocycles. The zero-order valence-corrected chi connectivity index (χ0v) is 10.5. The second-order valence-corrected chi connectivity index (χ2v) is 4.24. The molecule has 0 atom stereocenters. The molecule has 0 aliphatic rings. The maximum Gasteiger partial charge on any atom is 0.0962 e. The molecule has 0 aromatic carbocycles. The van der Waals surface area contributed by atoms with Crippen LogP contribution in [-0.4, -0.2) is 38.5 Å². The van der Waals surface area contributed by atoms with Crippen molar-refractivity contribution < 1.29 is 0 Å². The van der Waals surface area contributed by atoms with Crippen molar-refractivity contribution in [2.75, 3.05) is 13.6 Å². The largest absolute Gasteiger partial charge is 0.325 e. The molecule has 0 fully saturated rings. The summed E-state index contributed by atoms with van der Waals surface area (Å²) >= 11 is 0. The molecule has 0 amide bonds. The average molecular weight is 246 g/mol. The van der Waals surface area contributed by atoms with Gasteiger partial charge in [0.1, 0.15) is 0 Å². The van der Waals surface area contributed by atoms with Gasteiger partial charge in [-0.25, -0.2) is 0 Å². The van der Waals surface area contributed by atoms with Crippen molar-refractivity contribution in [3.05, 3.63) is 42.0 Å². The van der Waals surface area contributed by atoms with Gasteiger partial charge in [-0.15, -0.1) is 5.10 Å². The van der Waals surface area contributed by atoms with Gasteiger partial charge in [0.25, 0.3) is 0 Å². The van der Waals surface area contributed by atoms with E-state index in [1.807, 2.05) is 35.3 Å². The highest BCUT2D eigenvalue weighted by Gasteiger charge is 2.03. The zero-order valence-electron chi connectivity index (χ0n) is 10.5. The molecule has 6 heteroatoms. The molecule has 2 rings (SSSR count). The van der Waals surface area contributed by atoms with Crippen LogP contribution in [0.3, 0.4) is 0 Å². The molecule has 96 valence electrons. The van der Waals surface area contributed by atoms with Crippen LogP contribution < -0.4 is 5.73 Å². The molecule has 18 heavy (non-hydrogen) atoms. The molecule has 0 spiro atoms. The van der Waals surface area contributed by atoms with Gasteiger partial charge in [0.15, 0.2) is 0 Å². The fourth-order valence-corrected chi connectivity index (χ4v) is 1.66. The second-order valence-electron chi connectivity index (χ2n) is 4.24. The van der Waals surface area contributed by atoms with Gasteiger partial charge in [0.2, 0.25) is 0 Å². The summed E-state index contributed by atoms with van der Waals surface area (Å²) in [6, 6.07) is 5.95. The average Bonchev–Trinajstić information content (AvgIpc) is 2.85. The summed E-state index contributed by atoms with van der Waals surface area (Å²) in [6.07, 6.45) is 3.70. The van der Waals surface area contributed by atoms with Crippen molar-refractivity contribution in [1.82, 2.24) is 24.9 Å². The standard InChI is InChI=1S/C12H18N6/c1-17(9-11-4-2-3-5-14-11)6-7-18-10-12(8-13)15-16-18/h2-5,10H,6-9,13H2,1H3. The first-order chi connectivity index (χ1) is 8.78. The van der Waals surface area contributed by atoms with E-state index in [0.29, 0.717) is 6.54 Å². The van der Waals surface area contributed by atoms with Crippen LogP contribution in [0.15, 0.2) is 30.6 Å². The summed E-state index contributed by atoms with van der Waals surface area (Å²) < 4.78 is 1.82. The quantitative estimate of drug-likeness (QED) is 0.791. The molecule has 0 saturated heterocycles. The predicted octanol–water partition coefficient (Wildman–Crippen LogP) is 0.264. The van der Waals surface area contributed by atoms with Crippen LogP contribution in [0, 0.1) is 0 Å². The predicted molar refractivity (Wildman–Crippen MR) is 68.5 cm³/mol. The van der Waals surface area contributed by atoms with Gasteiger partial charge in [0.05, 0.1) is 17.9 Å². The van der Waals surface area contributed by atoms with Crippen molar-refractivity contribution in [3.8, 4) is 0 Å². The maximum atomic E-state index is 5.49. The van der Waals surface area contributed by atoms with Crippen molar-refractivity contribution in [2.24, 2.45) is 5.73 Å². The number of nitrogens with zero attached hydrogens (tertiary/aromatic N) is 5. The zero-order chi connectivity index (χ0) is 12.8. The van der Waals surface area contributed by atoms with E-state index in [2.05, 4.69) is 27.2 Å². The van der Waals surface area contributed by atoms with E-state index in [-0.39, 0.29) is 0 Å². The molecule has 2 N–H and O–H groups in total. The van der Waals surface area contributed by atoms with Crippen LogP contribution >= 0.6 is 0 Å². The van der Waals surface area contributed by atoms with Crippen LogP contribution in [0.25, 0.3) is 0 Å². The number of rotatable bonds is 6. The number of nitrogens with two attached hydrogens (primary N) is 1. The van der Waals surface area contributed by atoms with Crippen molar-refractivity contribution in [3.63, 3.8) is 0 Å².